The fraction of sp³-hybridized carbons (Fsp3) is 1.00. The third kappa shape index (κ3) is 9.23. The second kappa shape index (κ2) is 11.7. The topological polar surface area (TPSA) is 79.7 Å². The highest BCUT2D eigenvalue weighted by atomic mass is 28.4. The lowest BCUT2D eigenvalue weighted by molar-refractivity contribution is 0.430. The molecule has 0 fully saturated rings. The van der Waals surface area contributed by atoms with Crippen LogP contribution in [0.1, 0.15) is 6.42 Å². The Morgan fingerprint density at radius 1 is 1.14 bits per heavy atom. The molecule has 86 valence electrons. The third-order valence-electron chi connectivity index (χ3n) is 1.81. The second-order valence-corrected chi connectivity index (χ2v) is 11.2. The Kier molecular flexibility index (Phi) is 12.3. The van der Waals surface area contributed by atoms with Crippen LogP contribution in [0, 0.1) is 0 Å². The standard InChI is InChI=1S/C5H22N2O3Si4/c6-2-1-4-14(5-3-7)10-13-9-12-8-11/h14H,1-7,12-13H2,11H3. The molecule has 0 aliphatic heterocycles. The molecule has 9 heteroatoms. The summed E-state index contributed by atoms with van der Waals surface area (Å²) in [5.41, 5.74) is 11.0. The van der Waals surface area contributed by atoms with Crippen LogP contribution in [0.2, 0.25) is 12.1 Å². The van der Waals surface area contributed by atoms with Crippen LogP contribution in [0.4, 0.5) is 0 Å². The van der Waals surface area contributed by atoms with E-state index in [0.717, 1.165) is 42.1 Å². The molecular weight excluding hydrogens is 248 g/mol. The molecule has 1 unspecified atom stereocenters. The van der Waals surface area contributed by atoms with Crippen LogP contribution < -0.4 is 11.5 Å². The molecule has 14 heavy (non-hydrogen) atoms. The van der Waals surface area contributed by atoms with Gasteiger partial charge in [-0.05, 0) is 31.6 Å². The van der Waals surface area contributed by atoms with E-state index in [9.17, 15) is 0 Å². The number of nitrogens with two attached hydrogens (primary N) is 2. The maximum atomic E-state index is 5.78. The maximum absolute atomic E-state index is 5.78. The maximum Gasteiger partial charge on any atom is 0.284 e. The minimum absolute atomic E-state index is 0.690. The molecule has 0 amide bonds. The summed E-state index contributed by atoms with van der Waals surface area (Å²) in [5.74, 6) is 0. The first-order valence-corrected chi connectivity index (χ1v) is 10.2. The monoisotopic (exact) mass is 270 g/mol. The molecule has 0 aromatic rings. The summed E-state index contributed by atoms with van der Waals surface area (Å²) in [6.45, 7) is 1.47. The predicted octanol–water partition coefficient (Wildman–Crippen LogP) is -3.65. The molecule has 0 bridgehead atoms. The molecular formula is C5H22N2O3Si4. The molecule has 4 N–H and O–H groups in total. The minimum atomic E-state index is -1.08. The van der Waals surface area contributed by atoms with Crippen molar-refractivity contribution in [2.24, 2.45) is 11.5 Å². The predicted molar refractivity (Wildman–Crippen MR) is 69.8 cm³/mol. The van der Waals surface area contributed by atoms with E-state index in [0.29, 0.717) is 0 Å². The molecule has 5 nitrogen and oxygen atoms in total. The fourth-order valence-corrected chi connectivity index (χ4v) is 8.25. The quantitative estimate of drug-likeness (QED) is 0.316. The average Bonchev–Trinajstić information content (AvgIpc) is 2.20. The highest BCUT2D eigenvalue weighted by Crippen LogP contribution is 2.02. The Labute approximate surface area is 95.3 Å². The van der Waals surface area contributed by atoms with Gasteiger partial charge in [-0.2, -0.15) is 0 Å². The third-order valence-corrected chi connectivity index (χ3v) is 8.54. The molecule has 0 saturated heterocycles. The van der Waals surface area contributed by atoms with Crippen LogP contribution in [0.25, 0.3) is 0 Å². The first-order chi connectivity index (χ1) is 6.85. The summed E-state index contributed by atoms with van der Waals surface area (Å²) in [5, 5.41) is 0. The van der Waals surface area contributed by atoms with Crippen LogP contribution in [0.15, 0.2) is 0 Å². The second-order valence-electron chi connectivity index (χ2n) is 3.03. The van der Waals surface area contributed by atoms with Gasteiger partial charge in [-0.1, -0.05) is 0 Å². The van der Waals surface area contributed by atoms with Crippen molar-refractivity contribution in [3.63, 3.8) is 0 Å². The van der Waals surface area contributed by atoms with Crippen molar-refractivity contribution in [2.75, 3.05) is 13.1 Å². The van der Waals surface area contributed by atoms with Crippen molar-refractivity contribution in [2.45, 2.75) is 18.5 Å². The number of rotatable bonds is 10. The molecule has 0 aliphatic rings. The summed E-state index contributed by atoms with van der Waals surface area (Å²) < 4.78 is 16.2. The normalized spacial score (nSPS) is 15.0. The molecule has 0 saturated carbocycles. The van der Waals surface area contributed by atoms with E-state index in [-0.39, 0.29) is 0 Å². The van der Waals surface area contributed by atoms with Gasteiger partial charge in [0.15, 0.2) is 9.04 Å². The number of hydrogen-bond donors (Lipinski definition) is 2. The van der Waals surface area contributed by atoms with Gasteiger partial charge in [0.25, 0.3) is 20.0 Å². The molecule has 0 aromatic carbocycles. The summed E-state index contributed by atoms with van der Waals surface area (Å²) in [4.78, 5) is 0. The average molecular weight is 271 g/mol. The van der Waals surface area contributed by atoms with Crippen molar-refractivity contribution in [3.8, 4) is 0 Å². The highest BCUT2D eigenvalue weighted by Gasteiger charge is 2.09. The zero-order valence-electron chi connectivity index (χ0n) is 8.91. The SMILES string of the molecule is NCCC[SiH](CCN)O[SiH2]O[SiH2]O[SiH3]. The summed E-state index contributed by atoms with van der Waals surface area (Å²) in [6, 6.07) is 2.17. The van der Waals surface area contributed by atoms with Crippen molar-refractivity contribution < 1.29 is 12.3 Å². The molecule has 0 spiro atoms. The van der Waals surface area contributed by atoms with Crippen LogP contribution >= 0.6 is 0 Å². The van der Waals surface area contributed by atoms with E-state index in [1.54, 1.807) is 0 Å². The molecule has 1 atom stereocenters. The lowest BCUT2D eigenvalue weighted by Crippen LogP contribution is -2.26. The molecule has 0 rings (SSSR count). The van der Waals surface area contributed by atoms with E-state index in [2.05, 4.69) is 0 Å². The molecule has 0 radical (unpaired) electrons. The Morgan fingerprint density at radius 3 is 2.50 bits per heavy atom. The van der Waals surface area contributed by atoms with Crippen LogP contribution in [0.3, 0.4) is 0 Å². The van der Waals surface area contributed by atoms with Crippen LogP contribution in [-0.2, 0) is 12.3 Å². The van der Waals surface area contributed by atoms with Gasteiger partial charge < -0.3 is 23.8 Å². The van der Waals surface area contributed by atoms with Gasteiger partial charge in [0.05, 0.1) is 0 Å². The highest BCUT2D eigenvalue weighted by molar-refractivity contribution is 6.58. The van der Waals surface area contributed by atoms with E-state index < -0.39 is 29.1 Å². The first-order valence-electron chi connectivity index (χ1n) is 4.93. The molecule has 0 aliphatic carbocycles. The zero-order valence-corrected chi connectivity index (χ0v) is 14.9. The van der Waals surface area contributed by atoms with Gasteiger partial charge >= 0.3 is 0 Å². The van der Waals surface area contributed by atoms with Crippen LogP contribution in [0.5, 0.6) is 0 Å². The van der Waals surface area contributed by atoms with E-state index in [4.69, 9.17) is 23.8 Å². The number of hydrogen-bond acceptors (Lipinski definition) is 5. The van der Waals surface area contributed by atoms with Gasteiger partial charge in [0.1, 0.15) is 10.5 Å². The first kappa shape index (κ1) is 14.7. The summed E-state index contributed by atoms with van der Waals surface area (Å²) in [7, 11) is -1.76. The molecule has 0 heterocycles. The Balaban J connectivity index is 3.40. The fourth-order valence-electron chi connectivity index (χ4n) is 1.10. The minimum Gasteiger partial charge on any atom is -0.449 e. The van der Waals surface area contributed by atoms with E-state index in [1.807, 2.05) is 0 Å². The van der Waals surface area contributed by atoms with E-state index in [1.165, 1.54) is 0 Å². The van der Waals surface area contributed by atoms with Crippen molar-refractivity contribution in [1.29, 1.82) is 0 Å². The van der Waals surface area contributed by atoms with Gasteiger partial charge in [-0.15, -0.1) is 0 Å². The smallest absolute Gasteiger partial charge is 0.284 e. The lowest BCUT2D eigenvalue weighted by Gasteiger charge is -2.15. The van der Waals surface area contributed by atoms with Crippen molar-refractivity contribution in [1.82, 2.24) is 0 Å². The van der Waals surface area contributed by atoms with Crippen molar-refractivity contribution in [3.05, 3.63) is 0 Å². The zero-order chi connectivity index (χ0) is 10.6. The summed E-state index contributed by atoms with van der Waals surface area (Å²) >= 11 is 0. The van der Waals surface area contributed by atoms with Gasteiger partial charge in [-0.3, -0.25) is 0 Å². The lowest BCUT2D eigenvalue weighted by atomic mass is 10.5. The Hall–Kier alpha value is 0.668. The van der Waals surface area contributed by atoms with Crippen LogP contribution in [-0.4, -0.2) is 52.6 Å². The van der Waals surface area contributed by atoms with Crippen molar-refractivity contribution >= 4 is 39.5 Å². The molecule has 0 aromatic heterocycles. The van der Waals surface area contributed by atoms with E-state index >= 15 is 0 Å². The Morgan fingerprint density at radius 2 is 1.93 bits per heavy atom. The van der Waals surface area contributed by atoms with Gasteiger partial charge in [-0.25, -0.2) is 0 Å². The largest absolute Gasteiger partial charge is 0.449 e. The summed E-state index contributed by atoms with van der Waals surface area (Å²) in [6.07, 6.45) is 1.06. The Bertz CT molecular complexity index is 123. The van der Waals surface area contributed by atoms with Gasteiger partial charge in [0, 0.05) is 0 Å². The van der Waals surface area contributed by atoms with Gasteiger partial charge in [0.2, 0.25) is 0 Å².